The first-order chi connectivity index (χ1) is 12.0. The number of anilines is 1. The van der Waals surface area contributed by atoms with Crippen LogP contribution in [0.15, 0.2) is 24.5 Å². The Hall–Kier alpha value is -3.43. The molecule has 0 aliphatic rings. The van der Waals surface area contributed by atoms with Gasteiger partial charge in [-0.2, -0.15) is 0 Å². The van der Waals surface area contributed by atoms with E-state index >= 15 is 0 Å². The van der Waals surface area contributed by atoms with Crippen LogP contribution in [0.5, 0.6) is 11.5 Å². The van der Waals surface area contributed by atoms with E-state index in [1.54, 1.807) is 6.07 Å². The number of nitro benzene ring substituents is 1. The predicted molar refractivity (Wildman–Crippen MR) is 87.4 cm³/mol. The smallest absolute Gasteiger partial charge is 0.356 e. The van der Waals surface area contributed by atoms with Crippen LogP contribution in [-0.2, 0) is 6.42 Å². The lowest BCUT2D eigenvalue weighted by Crippen LogP contribution is -2.10. The Bertz CT molecular complexity index is 778. The van der Waals surface area contributed by atoms with Gasteiger partial charge in [0.05, 0.1) is 37.6 Å². The van der Waals surface area contributed by atoms with Crippen molar-refractivity contribution in [1.82, 2.24) is 9.97 Å². The summed E-state index contributed by atoms with van der Waals surface area (Å²) in [6.07, 6.45) is 2.73. The molecule has 25 heavy (non-hydrogen) atoms. The van der Waals surface area contributed by atoms with E-state index in [1.165, 1.54) is 26.5 Å². The number of aromatic nitrogens is 2. The molecule has 0 saturated carbocycles. The number of nitrogens with one attached hydrogen (secondary N) is 1. The largest absolute Gasteiger partial charge is 0.493 e. The van der Waals surface area contributed by atoms with Gasteiger partial charge < -0.3 is 19.9 Å². The number of carboxylic acid groups (broad SMARTS) is 1. The maximum atomic E-state index is 11.2. The Balaban J connectivity index is 2.11. The Labute approximate surface area is 142 Å². The van der Waals surface area contributed by atoms with Gasteiger partial charge in [-0.05, 0) is 12.5 Å². The van der Waals surface area contributed by atoms with Crippen molar-refractivity contribution >= 4 is 17.5 Å². The fourth-order valence-corrected chi connectivity index (χ4v) is 2.14. The number of rotatable bonds is 8. The lowest BCUT2D eigenvalue weighted by molar-refractivity contribution is -0.385. The first kappa shape index (κ1) is 17.9. The van der Waals surface area contributed by atoms with Gasteiger partial charge in [0.15, 0.2) is 17.2 Å². The van der Waals surface area contributed by atoms with Crippen LogP contribution in [0.25, 0.3) is 0 Å². The molecule has 2 N–H and O–H groups in total. The molecule has 0 atom stereocenters. The molecule has 132 valence electrons. The molecule has 2 rings (SSSR count). The molecule has 0 amide bonds. The average molecular weight is 348 g/mol. The SMILES string of the molecule is COc1cc(CCNc2cnc(C(=O)O)cn2)c([N+](=O)[O-])cc1OC. The van der Waals surface area contributed by atoms with Gasteiger partial charge in [-0.1, -0.05) is 0 Å². The lowest BCUT2D eigenvalue weighted by atomic mass is 10.1. The van der Waals surface area contributed by atoms with Crippen molar-refractivity contribution in [2.75, 3.05) is 26.1 Å². The molecule has 0 bridgehead atoms. The van der Waals surface area contributed by atoms with Crippen molar-refractivity contribution in [2.45, 2.75) is 6.42 Å². The zero-order valence-corrected chi connectivity index (χ0v) is 13.6. The molecule has 0 aliphatic carbocycles. The Kier molecular flexibility index (Phi) is 5.66. The van der Waals surface area contributed by atoms with Crippen LogP contribution < -0.4 is 14.8 Å². The molecule has 1 aromatic heterocycles. The standard InChI is InChI=1S/C15H16N4O6/c1-24-12-5-9(11(19(22)23)6-13(12)25-2)3-4-16-14-8-17-10(7-18-14)15(20)21/h5-8H,3-4H2,1-2H3,(H,16,18)(H,20,21). The van der Waals surface area contributed by atoms with Crippen LogP contribution in [0.3, 0.4) is 0 Å². The summed E-state index contributed by atoms with van der Waals surface area (Å²) >= 11 is 0. The van der Waals surface area contributed by atoms with Crippen molar-refractivity contribution in [3.8, 4) is 11.5 Å². The lowest BCUT2D eigenvalue weighted by Gasteiger charge is -2.11. The van der Waals surface area contributed by atoms with E-state index < -0.39 is 10.9 Å². The number of aromatic carboxylic acids is 1. The fourth-order valence-electron chi connectivity index (χ4n) is 2.14. The molecule has 2 aromatic rings. The van der Waals surface area contributed by atoms with E-state index in [-0.39, 0.29) is 17.1 Å². The second-order valence-electron chi connectivity index (χ2n) is 4.86. The molecule has 1 aromatic carbocycles. The van der Waals surface area contributed by atoms with Gasteiger partial charge in [0.25, 0.3) is 5.69 Å². The van der Waals surface area contributed by atoms with Gasteiger partial charge in [-0.3, -0.25) is 10.1 Å². The number of carbonyl (C=O) groups is 1. The molecule has 0 fully saturated rings. The summed E-state index contributed by atoms with van der Waals surface area (Å²) in [6.45, 7) is 0.331. The quantitative estimate of drug-likeness (QED) is 0.540. The third-order valence-electron chi connectivity index (χ3n) is 3.35. The third-order valence-corrected chi connectivity index (χ3v) is 3.35. The summed E-state index contributed by atoms with van der Waals surface area (Å²) in [6, 6.07) is 2.87. The van der Waals surface area contributed by atoms with E-state index in [0.29, 0.717) is 30.1 Å². The number of carboxylic acids is 1. The first-order valence-corrected chi connectivity index (χ1v) is 7.14. The summed E-state index contributed by atoms with van der Waals surface area (Å²) in [5.41, 5.74) is 0.220. The van der Waals surface area contributed by atoms with Gasteiger partial charge in [0.2, 0.25) is 0 Å². The van der Waals surface area contributed by atoms with Crippen LogP contribution >= 0.6 is 0 Å². The van der Waals surface area contributed by atoms with Crippen molar-refractivity contribution in [1.29, 1.82) is 0 Å². The van der Waals surface area contributed by atoms with Crippen LogP contribution in [0.1, 0.15) is 16.1 Å². The van der Waals surface area contributed by atoms with E-state index in [4.69, 9.17) is 14.6 Å². The minimum absolute atomic E-state index is 0.0771. The predicted octanol–water partition coefficient (Wildman–Crippen LogP) is 1.75. The molecule has 10 heteroatoms. The van der Waals surface area contributed by atoms with Gasteiger partial charge in [-0.25, -0.2) is 14.8 Å². The summed E-state index contributed by atoms with van der Waals surface area (Å²) < 4.78 is 10.2. The Morgan fingerprint density at radius 2 is 1.92 bits per heavy atom. The number of hydrogen-bond donors (Lipinski definition) is 2. The highest BCUT2D eigenvalue weighted by molar-refractivity contribution is 5.84. The molecular weight excluding hydrogens is 332 g/mol. The summed E-state index contributed by atoms with van der Waals surface area (Å²) in [5.74, 6) is -0.122. The molecular formula is C15H16N4O6. The van der Waals surface area contributed by atoms with Crippen molar-refractivity contribution in [3.05, 3.63) is 45.9 Å². The number of hydrogen-bond acceptors (Lipinski definition) is 8. The maximum Gasteiger partial charge on any atom is 0.356 e. The zero-order chi connectivity index (χ0) is 18.4. The Morgan fingerprint density at radius 1 is 1.24 bits per heavy atom. The van der Waals surface area contributed by atoms with E-state index in [9.17, 15) is 14.9 Å². The van der Waals surface area contributed by atoms with Gasteiger partial charge in [-0.15, -0.1) is 0 Å². The number of nitrogens with zero attached hydrogens (tertiary/aromatic N) is 3. The molecule has 0 spiro atoms. The monoisotopic (exact) mass is 348 g/mol. The number of ether oxygens (including phenoxy) is 2. The van der Waals surface area contributed by atoms with E-state index in [2.05, 4.69) is 15.3 Å². The fraction of sp³-hybridized carbons (Fsp3) is 0.267. The van der Waals surface area contributed by atoms with Gasteiger partial charge in [0, 0.05) is 12.1 Å². The van der Waals surface area contributed by atoms with Crippen LogP contribution in [0, 0.1) is 10.1 Å². The minimum Gasteiger partial charge on any atom is -0.493 e. The summed E-state index contributed by atoms with van der Waals surface area (Å²) in [4.78, 5) is 29.1. The molecule has 0 radical (unpaired) electrons. The first-order valence-electron chi connectivity index (χ1n) is 7.14. The molecule has 10 nitrogen and oxygen atoms in total. The topological polar surface area (TPSA) is 137 Å². The Morgan fingerprint density at radius 3 is 2.44 bits per heavy atom. The van der Waals surface area contributed by atoms with Crippen molar-refractivity contribution < 1.29 is 24.3 Å². The van der Waals surface area contributed by atoms with Crippen LogP contribution in [0.2, 0.25) is 0 Å². The van der Waals surface area contributed by atoms with E-state index in [0.717, 1.165) is 6.20 Å². The maximum absolute atomic E-state index is 11.2. The second kappa shape index (κ2) is 7.90. The van der Waals surface area contributed by atoms with Crippen molar-refractivity contribution in [3.63, 3.8) is 0 Å². The number of methoxy groups -OCH3 is 2. The number of nitro groups is 1. The van der Waals surface area contributed by atoms with E-state index in [1.807, 2.05) is 0 Å². The van der Waals surface area contributed by atoms with Crippen LogP contribution in [0.4, 0.5) is 11.5 Å². The highest BCUT2D eigenvalue weighted by Gasteiger charge is 2.19. The third kappa shape index (κ3) is 4.31. The second-order valence-corrected chi connectivity index (χ2v) is 4.86. The minimum atomic E-state index is -1.17. The highest BCUT2D eigenvalue weighted by Crippen LogP contribution is 2.34. The summed E-state index contributed by atoms with van der Waals surface area (Å²) in [7, 11) is 2.85. The number of benzene rings is 1. The van der Waals surface area contributed by atoms with Crippen molar-refractivity contribution in [2.24, 2.45) is 0 Å². The zero-order valence-electron chi connectivity index (χ0n) is 13.6. The molecule has 0 unspecified atom stereocenters. The molecule has 0 saturated heterocycles. The van der Waals surface area contributed by atoms with Gasteiger partial charge in [0.1, 0.15) is 5.82 Å². The summed E-state index contributed by atoms with van der Waals surface area (Å²) in [5, 5.41) is 22.9. The van der Waals surface area contributed by atoms with Crippen LogP contribution in [-0.4, -0.2) is 46.7 Å². The van der Waals surface area contributed by atoms with Gasteiger partial charge >= 0.3 is 5.97 Å². The molecule has 1 heterocycles. The highest BCUT2D eigenvalue weighted by atomic mass is 16.6. The average Bonchev–Trinajstić information content (AvgIpc) is 2.61. The molecule has 0 aliphatic heterocycles. The normalized spacial score (nSPS) is 10.2.